The molecule has 3 nitrogen and oxygen atoms in total. The molecule has 0 spiro atoms. The van der Waals surface area contributed by atoms with Crippen LogP contribution in [0.5, 0.6) is 0 Å². The summed E-state index contributed by atoms with van der Waals surface area (Å²) in [6.07, 6.45) is 3.50. The SMILES string of the molecule is CC(Nc1ccc2cnccc2c1N)c1cccc(F)c1. The molecule has 0 aliphatic carbocycles. The van der Waals surface area contributed by atoms with Gasteiger partial charge in [-0.2, -0.15) is 0 Å². The number of fused-ring (bicyclic) bond motifs is 1. The minimum Gasteiger partial charge on any atom is -0.397 e. The summed E-state index contributed by atoms with van der Waals surface area (Å²) in [4.78, 5) is 4.08. The molecular weight excluding hydrogens is 265 g/mol. The summed E-state index contributed by atoms with van der Waals surface area (Å²) in [6.45, 7) is 1.98. The van der Waals surface area contributed by atoms with Gasteiger partial charge in [0.1, 0.15) is 5.82 Å². The fourth-order valence-corrected chi connectivity index (χ4v) is 2.41. The van der Waals surface area contributed by atoms with Crippen molar-refractivity contribution in [1.29, 1.82) is 0 Å². The van der Waals surface area contributed by atoms with Crippen LogP contribution >= 0.6 is 0 Å². The first-order valence-electron chi connectivity index (χ1n) is 6.79. The van der Waals surface area contributed by atoms with Crippen molar-refractivity contribution >= 4 is 22.1 Å². The number of halogens is 1. The Labute approximate surface area is 122 Å². The molecule has 4 heteroatoms. The highest BCUT2D eigenvalue weighted by atomic mass is 19.1. The van der Waals surface area contributed by atoms with Gasteiger partial charge < -0.3 is 11.1 Å². The number of anilines is 2. The summed E-state index contributed by atoms with van der Waals surface area (Å²) in [5, 5.41) is 5.29. The van der Waals surface area contributed by atoms with Crippen molar-refractivity contribution in [2.45, 2.75) is 13.0 Å². The smallest absolute Gasteiger partial charge is 0.123 e. The van der Waals surface area contributed by atoms with E-state index >= 15 is 0 Å². The van der Waals surface area contributed by atoms with E-state index in [9.17, 15) is 4.39 Å². The zero-order valence-corrected chi connectivity index (χ0v) is 11.7. The number of rotatable bonds is 3. The van der Waals surface area contributed by atoms with Crippen LogP contribution in [0.4, 0.5) is 15.8 Å². The van der Waals surface area contributed by atoms with Crippen LogP contribution in [0.1, 0.15) is 18.5 Å². The molecule has 1 heterocycles. The van der Waals surface area contributed by atoms with E-state index < -0.39 is 0 Å². The van der Waals surface area contributed by atoms with Gasteiger partial charge in [-0.05, 0) is 36.8 Å². The van der Waals surface area contributed by atoms with Gasteiger partial charge in [0.05, 0.1) is 11.4 Å². The topological polar surface area (TPSA) is 50.9 Å². The van der Waals surface area contributed by atoms with Crippen LogP contribution in [0.15, 0.2) is 54.9 Å². The number of nitrogens with zero attached hydrogens (tertiary/aromatic N) is 1. The number of nitrogen functional groups attached to an aromatic ring is 1. The molecule has 3 aromatic rings. The Hall–Kier alpha value is -2.62. The molecule has 0 amide bonds. The molecule has 0 radical (unpaired) electrons. The van der Waals surface area contributed by atoms with Crippen LogP contribution in [0, 0.1) is 5.82 Å². The van der Waals surface area contributed by atoms with Gasteiger partial charge >= 0.3 is 0 Å². The van der Waals surface area contributed by atoms with Gasteiger partial charge in [0.25, 0.3) is 0 Å². The van der Waals surface area contributed by atoms with Crippen molar-refractivity contribution in [2.24, 2.45) is 0 Å². The number of pyridine rings is 1. The normalized spacial score (nSPS) is 12.3. The van der Waals surface area contributed by atoms with Crippen LogP contribution in [-0.4, -0.2) is 4.98 Å². The third-order valence-electron chi connectivity index (χ3n) is 3.58. The lowest BCUT2D eigenvalue weighted by Crippen LogP contribution is -2.08. The molecule has 0 aliphatic rings. The average Bonchev–Trinajstić information content (AvgIpc) is 2.50. The highest BCUT2D eigenvalue weighted by Crippen LogP contribution is 2.30. The summed E-state index contributed by atoms with van der Waals surface area (Å²) in [5.41, 5.74) is 8.61. The van der Waals surface area contributed by atoms with Crippen molar-refractivity contribution in [3.8, 4) is 0 Å². The molecule has 3 rings (SSSR count). The van der Waals surface area contributed by atoms with Gasteiger partial charge in [0.2, 0.25) is 0 Å². The van der Waals surface area contributed by atoms with Crippen molar-refractivity contribution < 1.29 is 4.39 Å². The van der Waals surface area contributed by atoms with Crippen LogP contribution in [0.2, 0.25) is 0 Å². The second-order valence-electron chi connectivity index (χ2n) is 5.04. The van der Waals surface area contributed by atoms with Gasteiger partial charge in [0, 0.05) is 29.2 Å². The van der Waals surface area contributed by atoms with E-state index in [4.69, 9.17) is 5.73 Å². The first-order chi connectivity index (χ1) is 10.1. The van der Waals surface area contributed by atoms with E-state index in [1.165, 1.54) is 12.1 Å². The van der Waals surface area contributed by atoms with Crippen LogP contribution in [0.3, 0.4) is 0 Å². The van der Waals surface area contributed by atoms with Gasteiger partial charge in [0.15, 0.2) is 0 Å². The van der Waals surface area contributed by atoms with Gasteiger partial charge in [-0.3, -0.25) is 4.98 Å². The van der Waals surface area contributed by atoms with Crippen molar-refractivity contribution in [3.05, 3.63) is 66.2 Å². The van der Waals surface area contributed by atoms with E-state index in [0.717, 1.165) is 22.0 Å². The first-order valence-corrected chi connectivity index (χ1v) is 6.79. The number of benzene rings is 2. The van der Waals surface area contributed by atoms with Crippen molar-refractivity contribution in [3.63, 3.8) is 0 Å². The Morgan fingerprint density at radius 1 is 1.19 bits per heavy atom. The summed E-state index contributed by atoms with van der Waals surface area (Å²) < 4.78 is 13.3. The second-order valence-corrected chi connectivity index (χ2v) is 5.04. The largest absolute Gasteiger partial charge is 0.397 e. The number of hydrogen-bond donors (Lipinski definition) is 2. The van der Waals surface area contributed by atoms with Crippen LogP contribution in [0.25, 0.3) is 10.8 Å². The summed E-state index contributed by atoms with van der Waals surface area (Å²) in [5.74, 6) is -0.237. The minimum absolute atomic E-state index is 0.0395. The molecule has 0 saturated carbocycles. The van der Waals surface area contributed by atoms with Gasteiger partial charge in [-0.15, -0.1) is 0 Å². The molecule has 3 N–H and O–H groups in total. The predicted molar refractivity (Wildman–Crippen MR) is 84.6 cm³/mol. The minimum atomic E-state index is -0.237. The van der Waals surface area contributed by atoms with E-state index in [1.54, 1.807) is 18.5 Å². The van der Waals surface area contributed by atoms with E-state index in [-0.39, 0.29) is 11.9 Å². The summed E-state index contributed by atoms with van der Waals surface area (Å²) in [7, 11) is 0. The maximum absolute atomic E-state index is 13.3. The lowest BCUT2D eigenvalue weighted by atomic mass is 10.1. The molecule has 1 unspecified atom stereocenters. The van der Waals surface area contributed by atoms with E-state index in [2.05, 4.69) is 10.3 Å². The molecule has 2 aromatic carbocycles. The Kier molecular flexibility index (Phi) is 3.44. The monoisotopic (exact) mass is 281 g/mol. The van der Waals surface area contributed by atoms with E-state index in [1.807, 2.05) is 31.2 Å². The predicted octanol–water partition coefficient (Wildman–Crippen LogP) is 4.13. The summed E-state index contributed by atoms with van der Waals surface area (Å²) >= 11 is 0. The molecule has 1 atom stereocenters. The van der Waals surface area contributed by atoms with Crippen LogP contribution in [-0.2, 0) is 0 Å². The molecule has 0 bridgehead atoms. The van der Waals surface area contributed by atoms with Crippen molar-refractivity contribution in [1.82, 2.24) is 4.98 Å². The van der Waals surface area contributed by atoms with Gasteiger partial charge in [-0.1, -0.05) is 18.2 Å². The average molecular weight is 281 g/mol. The number of nitrogens with two attached hydrogens (primary N) is 1. The lowest BCUT2D eigenvalue weighted by Gasteiger charge is -2.18. The molecular formula is C17H16FN3. The molecule has 0 saturated heterocycles. The zero-order valence-electron chi connectivity index (χ0n) is 11.7. The molecule has 106 valence electrons. The third kappa shape index (κ3) is 2.65. The molecule has 1 aromatic heterocycles. The Bertz CT molecular complexity index is 786. The second kappa shape index (κ2) is 5.40. The van der Waals surface area contributed by atoms with Gasteiger partial charge in [-0.25, -0.2) is 4.39 Å². The third-order valence-corrected chi connectivity index (χ3v) is 3.58. The number of nitrogens with one attached hydrogen (secondary N) is 1. The van der Waals surface area contributed by atoms with E-state index in [0.29, 0.717) is 5.69 Å². The zero-order chi connectivity index (χ0) is 14.8. The lowest BCUT2D eigenvalue weighted by molar-refractivity contribution is 0.623. The molecule has 0 fully saturated rings. The fraction of sp³-hybridized carbons (Fsp3) is 0.118. The fourth-order valence-electron chi connectivity index (χ4n) is 2.41. The first kappa shape index (κ1) is 13.4. The highest BCUT2D eigenvalue weighted by molar-refractivity contribution is 5.98. The molecule has 21 heavy (non-hydrogen) atoms. The standard InChI is InChI=1S/C17H16FN3/c1-11(12-3-2-4-14(18)9-12)21-16-6-5-13-10-20-8-7-15(13)17(16)19/h2-11,21H,19H2,1H3. The number of hydrogen-bond acceptors (Lipinski definition) is 3. The summed E-state index contributed by atoms with van der Waals surface area (Å²) in [6, 6.07) is 12.3. The molecule has 0 aliphatic heterocycles. The number of aromatic nitrogens is 1. The highest BCUT2D eigenvalue weighted by Gasteiger charge is 2.10. The Morgan fingerprint density at radius 2 is 2.05 bits per heavy atom. The Morgan fingerprint density at radius 3 is 2.86 bits per heavy atom. The van der Waals surface area contributed by atoms with Crippen LogP contribution < -0.4 is 11.1 Å². The Balaban J connectivity index is 1.93. The quantitative estimate of drug-likeness (QED) is 0.710. The maximum atomic E-state index is 13.3. The maximum Gasteiger partial charge on any atom is 0.123 e. The van der Waals surface area contributed by atoms with Crippen molar-refractivity contribution in [2.75, 3.05) is 11.1 Å².